The summed E-state index contributed by atoms with van der Waals surface area (Å²) in [5, 5.41) is 37.2. The lowest BCUT2D eigenvalue weighted by Crippen LogP contribution is -2.11. The number of nitrogens with one attached hydrogen (secondary N) is 2. The lowest BCUT2D eigenvalue weighted by Gasteiger charge is -2.09. The van der Waals surface area contributed by atoms with E-state index < -0.39 is 15.6 Å². The lowest BCUT2D eigenvalue weighted by molar-refractivity contribution is -0.434. The Morgan fingerprint density at radius 1 is 1.06 bits per heavy atom. The van der Waals surface area contributed by atoms with Gasteiger partial charge in [0.1, 0.15) is 11.4 Å². The minimum atomic E-state index is -3.82. The number of carbonyl (C=O) groups is 1. The van der Waals surface area contributed by atoms with E-state index >= 15 is 0 Å². The van der Waals surface area contributed by atoms with Crippen LogP contribution in [-0.4, -0.2) is 44.2 Å². The molecule has 0 heterocycles. The van der Waals surface area contributed by atoms with E-state index in [2.05, 4.69) is 39.6 Å². The number of benzene rings is 2. The Kier molecular flexibility index (Phi) is 11.6. The molecule has 2 rings (SSSR count). The van der Waals surface area contributed by atoms with Gasteiger partial charge in [-0.15, -0.1) is 18.9 Å². The molecule has 17 heteroatoms. The molecule has 0 bridgehead atoms. The molecule has 0 aliphatic heterocycles. The average molecular weight is 537 g/mol. The highest BCUT2D eigenvalue weighted by atomic mass is 32.2. The first-order valence-corrected chi connectivity index (χ1v) is 12.2. The molecule has 0 saturated carbocycles. The van der Waals surface area contributed by atoms with Crippen molar-refractivity contribution in [3.05, 3.63) is 36.4 Å². The first-order chi connectivity index (χ1) is 16.3. The van der Waals surface area contributed by atoms with Crippen molar-refractivity contribution in [1.82, 2.24) is 0 Å². The molecule has 34 heavy (non-hydrogen) atoms. The third kappa shape index (κ3) is 8.80. The number of hydrogen-bond donors (Lipinski definition) is 4. The van der Waals surface area contributed by atoms with E-state index in [0.717, 1.165) is 5.69 Å². The van der Waals surface area contributed by atoms with E-state index in [1.165, 1.54) is 25.1 Å². The van der Waals surface area contributed by atoms with Crippen LogP contribution in [0.2, 0.25) is 0 Å². The summed E-state index contributed by atoms with van der Waals surface area (Å²) in [4.78, 5) is 11.7. The van der Waals surface area contributed by atoms with Crippen LogP contribution in [0, 0.1) is 0 Å². The molecule has 0 spiro atoms. The van der Waals surface area contributed by atoms with Crippen molar-refractivity contribution in [1.29, 1.82) is 0 Å². The first-order valence-electron chi connectivity index (χ1n) is 9.09. The van der Waals surface area contributed by atoms with E-state index in [1.54, 1.807) is 25.2 Å². The molecular weight excluding hydrogens is 516 g/mol. The summed E-state index contributed by atoms with van der Waals surface area (Å²) in [7, 11) is -2.11. The Balaban J connectivity index is 2.35. The summed E-state index contributed by atoms with van der Waals surface area (Å²) in [5.74, 6) is -0.745. The van der Waals surface area contributed by atoms with Crippen LogP contribution < -0.4 is 10.6 Å². The second-order valence-corrected chi connectivity index (χ2v) is 9.43. The van der Waals surface area contributed by atoms with Gasteiger partial charge >= 0.3 is 0 Å². The summed E-state index contributed by atoms with van der Waals surface area (Å²) in [5.41, 5.74) is 1.47. The SMILES string of the molecule is CNc1ccc(N=Nc2cc(S(=O)(=O)CCOSOOO)ccc2SOOO)c(NC(C)=O)c1. The number of hydrogen-bond acceptors (Lipinski definition) is 15. The zero-order chi connectivity index (χ0) is 25.0. The Hall–Kier alpha value is -2.32. The maximum absolute atomic E-state index is 12.6. The molecule has 14 nitrogen and oxygen atoms in total. The fourth-order valence-corrected chi connectivity index (χ4v) is 4.23. The molecule has 1 amide bonds. The van der Waals surface area contributed by atoms with Crippen LogP contribution in [0.1, 0.15) is 6.92 Å². The molecule has 0 fully saturated rings. The van der Waals surface area contributed by atoms with Gasteiger partial charge in [0.2, 0.25) is 5.91 Å². The van der Waals surface area contributed by atoms with E-state index in [0.29, 0.717) is 23.4 Å². The standard InChI is InChI=1S/C17H20N4O10S3/c1-11(22)19-15-9-12(18-2)3-5-14(15)20-21-16-10-13(4-6-17(16)32-30-28-23)34(25,26)8-7-27-33-31-29-24/h3-6,9-10,18,23-24H,7-8H2,1-2H3,(H,19,22). The normalized spacial score (nSPS) is 11.6. The van der Waals surface area contributed by atoms with Crippen LogP contribution in [0.3, 0.4) is 0 Å². The Labute approximate surface area is 202 Å². The van der Waals surface area contributed by atoms with Gasteiger partial charge in [0.25, 0.3) is 0 Å². The van der Waals surface area contributed by atoms with E-state index in [9.17, 15) is 13.2 Å². The van der Waals surface area contributed by atoms with Gasteiger partial charge < -0.3 is 10.6 Å². The van der Waals surface area contributed by atoms with Gasteiger partial charge in [-0.25, -0.2) is 18.9 Å². The van der Waals surface area contributed by atoms with Crippen molar-refractivity contribution < 1.29 is 46.7 Å². The molecule has 0 radical (unpaired) electrons. The molecule has 0 unspecified atom stereocenters. The summed E-state index contributed by atoms with van der Waals surface area (Å²) in [6.45, 7) is 1.07. The lowest BCUT2D eigenvalue weighted by atomic mass is 10.2. The first kappa shape index (κ1) is 27.9. The van der Waals surface area contributed by atoms with Crippen LogP contribution in [0.4, 0.5) is 22.7 Å². The highest BCUT2D eigenvalue weighted by molar-refractivity contribution is 7.94. The van der Waals surface area contributed by atoms with Crippen molar-refractivity contribution in [2.45, 2.75) is 16.7 Å². The molecule has 0 aliphatic rings. The topological polar surface area (TPSA) is 187 Å². The third-order valence-corrected chi connectivity index (χ3v) is 6.56. The predicted molar refractivity (Wildman–Crippen MR) is 122 cm³/mol. The van der Waals surface area contributed by atoms with Gasteiger partial charge in [-0.3, -0.25) is 8.98 Å². The minimum absolute atomic E-state index is 0.0712. The largest absolute Gasteiger partial charge is 0.388 e. The molecule has 0 saturated heterocycles. The molecule has 0 atom stereocenters. The van der Waals surface area contributed by atoms with Gasteiger partial charge in [-0.1, -0.05) is 10.1 Å². The summed E-state index contributed by atoms with van der Waals surface area (Å²) < 4.78 is 38.5. The van der Waals surface area contributed by atoms with Gasteiger partial charge in [-0.2, -0.15) is 0 Å². The average Bonchev–Trinajstić information content (AvgIpc) is 2.81. The van der Waals surface area contributed by atoms with Crippen molar-refractivity contribution >= 4 is 62.9 Å². The Morgan fingerprint density at radius 3 is 2.47 bits per heavy atom. The fourth-order valence-electron chi connectivity index (χ4n) is 2.40. The summed E-state index contributed by atoms with van der Waals surface area (Å²) >= 11 is 0.822. The quantitative estimate of drug-likeness (QED) is 0.0880. The predicted octanol–water partition coefficient (Wildman–Crippen LogP) is 4.31. The van der Waals surface area contributed by atoms with Crippen molar-refractivity contribution in [3.8, 4) is 0 Å². The van der Waals surface area contributed by atoms with E-state index in [4.69, 9.17) is 14.7 Å². The number of sulfone groups is 1. The minimum Gasteiger partial charge on any atom is -0.388 e. The second-order valence-electron chi connectivity index (χ2n) is 6.07. The molecule has 4 N–H and O–H groups in total. The van der Waals surface area contributed by atoms with Crippen LogP contribution in [0.15, 0.2) is 56.4 Å². The number of azo groups is 1. The number of amides is 1. The third-order valence-electron chi connectivity index (χ3n) is 3.85. The number of carbonyl (C=O) groups excluding carboxylic acids is 1. The smallest absolute Gasteiger partial charge is 0.221 e. The highest BCUT2D eigenvalue weighted by Gasteiger charge is 2.18. The second kappa shape index (κ2) is 14.2. The van der Waals surface area contributed by atoms with Crippen LogP contribution in [0.5, 0.6) is 0 Å². The Bertz CT molecular complexity index is 1100. The van der Waals surface area contributed by atoms with Gasteiger partial charge in [0.15, 0.2) is 22.2 Å². The van der Waals surface area contributed by atoms with Gasteiger partial charge in [-0.05, 0) is 36.4 Å². The highest BCUT2D eigenvalue weighted by Crippen LogP contribution is 2.36. The molecule has 0 aromatic heterocycles. The Morgan fingerprint density at radius 2 is 1.79 bits per heavy atom. The molecule has 2 aromatic rings. The maximum Gasteiger partial charge on any atom is 0.221 e. The number of rotatable bonds is 14. The molecular formula is C17H20N4O10S3. The number of nitrogens with zero attached hydrogens (tertiary/aromatic N) is 2. The monoisotopic (exact) mass is 536 g/mol. The van der Waals surface area contributed by atoms with Crippen LogP contribution in [0.25, 0.3) is 0 Å². The van der Waals surface area contributed by atoms with Crippen molar-refractivity contribution in [2.24, 2.45) is 10.2 Å². The van der Waals surface area contributed by atoms with Crippen LogP contribution >= 0.6 is 24.4 Å². The molecule has 2 aromatic carbocycles. The molecule has 186 valence electrons. The fraction of sp³-hybridized carbons (Fsp3) is 0.235. The zero-order valence-corrected chi connectivity index (χ0v) is 20.1. The van der Waals surface area contributed by atoms with Crippen LogP contribution in [-0.2, 0) is 37.6 Å². The molecule has 0 aliphatic carbocycles. The summed E-state index contributed by atoms with van der Waals surface area (Å²) in [6, 6.07) is 8.88. The van der Waals surface area contributed by atoms with E-state index in [1.807, 2.05) is 0 Å². The zero-order valence-electron chi connectivity index (χ0n) is 17.7. The van der Waals surface area contributed by atoms with Gasteiger partial charge in [0, 0.05) is 19.7 Å². The maximum atomic E-state index is 12.6. The van der Waals surface area contributed by atoms with Crippen molar-refractivity contribution in [3.63, 3.8) is 0 Å². The van der Waals surface area contributed by atoms with Gasteiger partial charge in [0.05, 0.1) is 39.9 Å². The summed E-state index contributed by atoms with van der Waals surface area (Å²) in [6.07, 6.45) is 0. The van der Waals surface area contributed by atoms with E-state index in [-0.39, 0.29) is 40.3 Å². The number of anilines is 2. The van der Waals surface area contributed by atoms with Crippen molar-refractivity contribution in [2.75, 3.05) is 30.0 Å².